The molecule has 0 amide bonds. The summed E-state index contributed by atoms with van der Waals surface area (Å²) < 4.78 is 25.0. The van der Waals surface area contributed by atoms with Crippen molar-refractivity contribution >= 4 is 15.9 Å². The third-order valence-corrected chi connectivity index (χ3v) is 2.93. The van der Waals surface area contributed by atoms with E-state index in [1.54, 1.807) is 31.4 Å². The van der Waals surface area contributed by atoms with Gasteiger partial charge < -0.3 is 9.47 Å². The van der Waals surface area contributed by atoms with Gasteiger partial charge in [0.1, 0.15) is 11.6 Å². The monoisotopic (exact) mass is 310 g/mol. The van der Waals surface area contributed by atoms with Gasteiger partial charge in [0.05, 0.1) is 0 Å². The van der Waals surface area contributed by atoms with E-state index in [0.29, 0.717) is 16.9 Å². The summed E-state index contributed by atoms with van der Waals surface area (Å²) in [6, 6.07) is 12.0. The molecular weight excluding hydrogens is 299 g/mol. The van der Waals surface area contributed by atoms with Crippen molar-refractivity contribution in [3.05, 3.63) is 52.8 Å². The average molecular weight is 311 g/mol. The highest BCUT2D eigenvalue weighted by Crippen LogP contribution is 2.34. The van der Waals surface area contributed by atoms with Crippen LogP contribution in [0, 0.1) is 5.82 Å². The molecule has 0 unspecified atom stereocenters. The molecule has 0 heterocycles. The van der Waals surface area contributed by atoms with E-state index < -0.39 is 0 Å². The minimum Gasteiger partial charge on any atom is -0.467 e. The molecule has 4 heteroatoms. The van der Waals surface area contributed by atoms with E-state index in [1.807, 2.05) is 12.1 Å². The van der Waals surface area contributed by atoms with Crippen LogP contribution in [0.3, 0.4) is 0 Å². The van der Waals surface area contributed by atoms with Crippen LogP contribution in [0.5, 0.6) is 5.75 Å². The van der Waals surface area contributed by atoms with Crippen LogP contribution < -0.4 is 4.74 Å². The number of hydrogen-bond acceptors (Lipinski definition) is 2. The second-order valence-corrected chi connectivity index (χ2v) is 4.59. The highest BCUT2D eigenvalue weighted by molar-refractivity contribution is 9.10. The van der Waals surface area contributed by atoms with Crippen LogP contribution >= 0.6 is 15.9 Å². The second kappa shape index (κ2) is 5.98. The SMILES string of the molecule is COCOc1ccc(Br)cc1-c1ccccc1F. The van der Waals surface area contributed by atoms with Crippen LogP contribution in [0.25, 0.3) is 11.1 Å². The molecule has 0 saturated carbocycles. The van der Waals surface area contributed by atoms with Gasteiger partial charge in [-0.3, -0.25) is 0 Å². The lowest BCUT2D eigenvalue weighted by molar-refractivity contribution is 0.0515. The number of rotatable bonds is 4. The van der Waals surface area contributed by atoms with Crippen molar-refractivity contribution in [1.29, 1.82) is 0 Å². The first-order valence-electron chi connectivity index (χ1n) is 5.38. The molecule has 0 aliphatic carbocycles. The number of hydrogen-bond donors (Lipinski definition) is 0. The van der Waals surface area contributed by atoms with Gasteiger partial charge in [-0.1, -0.05) is 34.1 Å². The Balaban J connectivity index is 2.48. The largest absolute Gasteiger partial charge is 0.467 e. The molecule has 2 aromatic rings. The van der Waals surface area contributed by atoms with Crippen LogP contribution in [0.2, 0.25) is 0 Å². The van der Waals surface area contributed by atoms with Crippen molar-refractivity contribution in [2.75, 3.05) is 13.9 Å². The molecule has 0 radical (unpaired) electrons. The van der Waals surface area contributed by atoms with Crippen molar-refractivity contribution in [1.82, 2.24) is 0 Å². The van der Waals surface area contributed by atoms with Crippen molar-refractivity contribution in [3.63, 3.8) is 0 Å². The van der Waals surface area contributed by atoms with Gasteiger partial charge in [0.15, 0.2) is 6.79 Å². The van der Waals surface area contributed by atoms with Gasteiger partial charge in [0.25, 0.3) is 0 Å². The summed E-state index contributed by atoms with van der Waals surface area (Å²) in [6.07, 6.45) is 0. The normalized spacial score (nSPS) is 10.4. The Morgan fingerprint density at radius 2 is 1.89 bits per heavy atom. The van der Waals surface area contributed by atoms with Crippen molar-refractivity contribution in [2.45, 2.75) is 0 Å². The lowest BCUT2D eigenvalue weighted by Gasteiger charge is -2.12. The van der Waals surface area contributed by atoms with E-state index in [1.165, 1.54) is 6.07 Å². The minimum atomic E-state index is -0.280. The average Bonchev–Trinajstić information content (AvgIpc) is 2.38. The topological polar surface area (TPSA) is 18.5 Å². The molecule has 0 aliphatic rings. The van der Waals surface area contributed by atoms with Gasteiger partial charge >= 0.3 is 0 Å². The van der Waals surface area contributed by atoms with Gasteiger partial charge in [-0.05, 0) is 24.3 Å². The summed E-state index contributed by atoms with van der Waals surface area (Å²) in [7, 11) is 1.54. The Hall–Kier alpha value is -1.39. The predicted octanol–water partition coefficient (Wildman–Crippen LogP) is 4.24. The van der Waals surface area contributed by atoms with Gasteiger partial charge in [-0.2, -0.15) is 0 Å². The maximum absolute atomic E-state index is 13.8. The quantitative estimate of drug-likeness (QED) is 0.786. The van der Waals surface area contributed by atoms with E-state index >= 15 is 0 Å². The lowest BCUT2D eigenvalue weighted by Crippen LogP contribution is -2.00. The van der Waals surface area contributed by atoms with E-state index in [2.05, 4.69) is 15.9 Å². The van der Waals surface area contributed by atoms with E-state index in [4.69, 9.17) is 9.47 Å². The summed E-state index contributed by atoms with van der Waals surface area (Å²) in [5, 5.41) is 0. The van der Waals surface area contributed by atoms with E-state index in [9.17, 15) is 4.39 Å². The molecule has 0 spiro atoms. The lowest BCUT2D eigenvalue weighted by atomic mass is 10.0. The van der Waals surface area contributed by atoms with Crippen molar-refractivity contribution < 1.29 is 13.9 Å². The first-order chi connectivity index (χ1) is 8.72. The summed E-state index contributed by atoms with van der Waals surface area (Å²) in [4.78, 5) is 0. The molecule has 0 aromatic heterocycles. The zero-order valence-electron chi connectivity index (χ0n) is 9.82. The van der Waals surface area contributed by atoms with Gasteiger partial charge in [0.2, 0.25) is 0 Å². The van der Waals surface area contributed by atoms with Crippen molar-refractivity contribution in [3.8, 4) is 16.9 Å². The number of ether oxygens (including phenoxy) is 2. The first-order valence-corrected chi connectivity index (χ1v) is 6.18. The van der Waals surface area contributed by atoms with E-state index in [0.717, 1.165) is 4.47 Å². The first kappa shape index (κ1) is 13.1. The maximum Gasteiger partial charge on any atom is 0.188 e. The van der Waals surface area contributed by atoms with Crippen LogP contribution in [-0.2, 0) is 4.74 Å². The fourth-order valence-corrected chi connectivity index (χ4v) is 2.00. The third-order valence-electron chi connectivity index (χ3n) is 2.44. The van der Waals surface area contributed by atoms with Crippen LogP contribution in [-0.4, -0.2) is 13.9 Å². The van der Waals surface area contributed by atoms with Crippen molar-refractivity contribution in [2.24, 2.45) is 0 Å². The molecule has 0 atom stereocenters. The Kier molecular flexibility index (Phi) is 4.33. The zero-order valence-corrected chi connectivity index (χ0v) is 11.4. The third kappa shape index (κ3) is 2.89. The highest BCUT2D eigenvalue weighted by atomic mass is 79.9. The Labute approximate surface area is 113 Å². The predicted molar refractivity (Wildman–Crippen MR) is 72.0 cm³/mol. The number of methoxy groups -OCH3 is 1. The molecule has 94 valence electrons. The molecular formula is C14H12BrFO2. The summed E-state index contributed by atoms with van der Waals surface area (Å²) in [6.45, 7) is 0.128. The molecule has 0 bridgehead atoms. The standard InChI is InChI=1S/C14H12BrFO2/c1-17-9-18-14-7-6-10(15)8-12(14)11-4-2-3-5-13(11)16/h2-8H,9H2,1H3. The van der Waals surface area contributed by atoms with E-state index in [-0.39, 0.29) is 12.6 Å². The molecule has 0 aliphatic heterocycles. The van der Waals surface area contributed by atoms with Crippen LogP contribution in [0.4, 0.5) is 4.39 Å². The molecule has 0 N–H and O–H groups in total. The van der Waals surface area contributed by atoms with Crippen LogP contribution in [0.15, 0.2) is 46.9 Å². The molecule has 2 nitrogen and oxygen atoms in total. The molecule has 2 aromatic carbocycles. The maximum atomic E-state index is 13.8. The molecule has 0 fully saturated rings. The summed E-state index contributed by atoms with van der Waals surface area (Å²) in [5.41, 5.74) is 1.20. The van der Waals surface area contributed by atoms with Gasteiger partial charge in [-0.25, -0.2) is 4.39 Å². The molecule has 2 rings (SSSR count). The minimum absolute atomic E-state index is 0.128. The van der Waals surface area contributed by atoms with Gasteiger partial charge in [0, 0.05) is 22.7 Å². The smallest absolute Gasteiger partial charge is 0.188 e. The van der Waals surface area contributed by atoms with Crippen LogP contribution in [0.1, 0.15) is 0 Å². The second-order valence-electron chi connectivity index (χ2n) is 3.67. The van der Waals surface area contributed by atoms with Gasteiger partial charge in [-0.15, -0.1) is 0 Å². The summed E-state index contributed by atoms with van der Waals surface area (Å²) >= 11 is 3.38. The fourth-order valence-electron chi connectivity index (χ4n) is 1.64. The Morgan fingerprint density at radius 3 is 2.61 bits per heavy atom. The highest BCUT2D eigenvalue weighted by Gasteiger charge is 2.11. The molecule has 0 saturated heterocycles. The summed E-state index contributed by atoms with van der Waals surface area (Å²) in [5.74, 6) is 0.308. The number of halogens is 2. The number of benzene rings is 2. The molecule has 18 heavy (non-hydrogen) atoms. The zero-order chi connectivity index (χ0) is 13.0. The Bertz CT molecular complexity index is 543. The Morgan fingerprint density at radius 1 is 1.11 bits per heavy atom. The fraction of sp³-hybridized carbons (Fsp3) is 0.143.